The van der Waals surface area contributed by atoms with E-state index in [1.807, 2.05) is 43.3 Å². The van der Waals surface area contributed by atoms with Crippen LogP contribution < -0.4 is 16.0 Å². The SMILES string of the molecule is Cc1nc(NCc2ccc[nH]2)cc(N(C)CCN)n1. The minimum absolute atomic E-state index is 0.602. The molecule has 2 aromatic rings. The van der Waals surface area contributed by atoms with Gasteiger partial charge in [0.25, 0.3) is 0 Å². The Balaban J connectivity index is 2.07. The smallest absolute Gasteiger partial charge is 0.134 e. The van der Waals surface area contributed by atoms with Crippen molar-refractivity contribution in [3.05, 3.63) is 35.9 Å². The summed E-state index contributed by atoms with van der Waals surface area (Å²) in [5.74, 6) is 2.45. The first-order chi connectivity index (χ1) is 9.19. The van der Waals surface area contributed by atoms with Crippen molar-refractivity contribution in [3.63, 3.8) is 0 Å². The van der Waals surface area contributed by atoms with E-state index in [1.54, 1.807) is 0 Å². The molecule has 0 aliphatic rings. The van der Waals surface area contributed by atoms with E-state index >= 15 is 0 Å². The molecular formula is C13H20N6. The van der Waals surface area contributed by atoms with Gasteiger partial charge in [-0.25, -0.2) is 9.97 Å². The van der Waals surface area contributed by atoms with Gasteiger partial charge in [-0.3, -0.25) is 0 Å². The molecule has 0 aliphatic carbocycles. The summed E-state index contributed by atoms with van der Waals surface area (Å²) < 4.78 is 0. The lowest BCUT2D eigenvalue weighted by Crippen LogP contribution is -2.26. The van der Waals surface area contributed by atoms with E-state index in [0.717, 1.165) is 29.7 Å². The molecule has 0 atom stereocenters. The summed E-state index contributed by atoms with van der Waals surface area (Å²) in [5, 5.41) is 3.28. The zero-order valence-electron chi connectivity index (χ0n) is 11.3. The van der Waals surface area contributed by atoms with Gasteiger partial charge in [0.2, 0.25) is 0 Å². The fraction of sp³-hybridized carbons (Fsp3) is 0.385. The number of aromatic nitrogens is 3. The maximum absolute atomic E-state index is 5.56. The Morgan fingerprint density at radius 3 is 2.95 bits per heavy atom. The minimum Gasteiger partial charge on any atom is -0.364 e. The van der Waals surface area contributed by atoms with Gasteiger partial charge in [-0.05, 0) is 19.1 Å². The quantitative estimate of drug-likeness (QED) is 0.725. The third kappa shape index (κ3) is 3.69. The fourth-order valence-electron chi connectivity index (χ4n) is 1.81. The summed E-state index contributed by atoms with van der Waals surface area (Å²) in [7, 11) is 1.98. The van der Waals surface area contributed by atoms with Crippen LogP contribution in [0, 0.1) is 6.92 Å². The molecule has 6 nitrogen and oxygen atoms in total. The molecule has 0 unspecified atom stereocenters. The van der Waals surface area contributed by atoms with Crippen LogP contribution in [0.2, 0.25) is 0 Å². The van der Waals surface area contributed by atoms with Crippen LogP contribution in [0.4, 0.5) is 11.6 Å². The van der Waals surface area contributed by atoms with Gasteiger partial charge in [-0.1, -0.05) is 0 Å². The van der Waals surface area contributed by atoms with Gasteiger partial charge in [0.15, 0.2) is 0 Å². The second-order valence-corrected chi connectivity index (χ2v) is 4.42. The second-order valence-electron chi connectivity index (χ2n) is 4.42. The molecule has 0 saturated carbocycles. The van der Waals surface area contributed by atoms with E-state index in [9.17, 15) is 0 Å². The minimum atomic E-state index is 0.602. The first-order valence-corrected chi connectivity index (χ1v) is 6.32. The Bertz CT molecular complexity index is 508. The van der Waals surface area contributed by atoms with Crippen molar-refractivity contribution in [2.45, 2.75) is 13.5 Å². The average Bonchev–Trinajstić information content (AvgIpc) is 2.89. The van der Waals surface area contributed by atoms with Crippen LogP contribution >= 0.6 is 0 Å². The Kier molecular flexibility index (Phi) is 4.35. The predicted molar refractivity (Wildman–Crippen MR) is 77.2 cm³/mol. The number of aromatic amines is 1. The van der Waals surface area contributed by atoms with Gasteiger partial charge in [0.05, 0.1) is 6.54 Å². The topological polar surface area (TPSA) is 82.9 Å². The molecule has 2 aromatic heterocycles. The number of hydrogen-bond acceptors (Lipinski definition) is 5. The summed E-state index contributed by atoms with van der Waals surface area (Å²) in [6, 6.07) is 5.94. The monoisotopic (exact) mass is 260 g/mol. The lowest BCUT2D eigenvalue weighted by molar-refractivity contribution is 0.856. The Morgan fingerprint density at radius 1 is 1.42 bits per heavy atom. The van der Waals surface area contributed by atoms with E-state index in [0.29, 0.717) is 13.1 Å². The molecular weight excluding hydrogens is 240 g/mol. The molecule has 0 saturated heterocycles. The number of aryl methyl sites for hydroxylation is 1. The number of nitrogens with two attached hydrogens (primary N) is 1. The van der Waals surface area contributed by atoms with Gasteiger partial charge in [-0.2, -0.15) is 0 Å². The molecule has 19 heavy (non-hydrogen) atoms. The van der Waals surface area contributed by atoms with Gasteiger partial charge in [0, 0.05) is 38.1 Å². The molecule has 0 radical (unpaired) electrons. The maximum Gasteiger partial charge on any atom is 0.134 e. The molecule has 4 N–H and O–H groups in total. The summed E-state index contributed by atoms with van der Waals surface area (Å²) in [6.07, 6.45) is 1.91. The van der Waals surface area contributed by atoms with Gasteiger partial charge in [-0.15, -0.1) is 0 Å². The van der Waals surface area contributed by atoms with E-state index < -0.39 is 0 Å². The van der Waals surface area contributed by atoms with Crippen LogP contribution in [0.15, 0.2) is 24.4 Å². The Morgan fingerprint density at radius 2 is 2.26 bits per heavy atom. The Hall–Kier alpha value is -2.08. The van der Waals surface area contributed by atoms with Gasteiger partial charge < -0.3 is 20.9 Å². The normalized spacial score (nSPS) is 10.5. The third-order valence-corrected chi connectivity index (χ3v) is 2.80. The molecule has 0 spiro atoms. The van der Waals surface area contributed by atoms with Crippen LogP contribution in [0.1, 0.15) is 11.5 Å². The van der Waals surface area contributed by atoms with Crippen molar-refractivity contribution >= 4 is 11.6 Å². The van der Waals surface area contributed by atoms with E-state index in [4.69, 9.17) is 5.73 Å². The molecule has 0 aromatic carbocycles. The number of hydrogen-bond donors (Lipinski definition) is 3. The molecule has 0 aliphatic heterocycles. The molecule has 0 amide bonds. The maximum atomic E-state index is 5.56. The van der Waals surface area contributed by atoms with E-state index in [1.165, 1.54) is 0 Å². The van der Waals surface area contributed by atoms with Crippen molar-refractivity contribution in [1.82, 2.24) is 15.0 Å². The summed E-state index contributed by atoms with van der Waals surface area (Å²) in [6.45, 7) is 3.97. The highest BCUT2D eigenvalue weighted by molar-refractivity contribution is 5.49. The summed E-state index contributed by atoms with van der Waals surface area (Å²) in [5.41, 5.74) is 6.68. The van der Waals surface area contributed by atoms with Crippen LogP contribution in [0.25, 0.3) is 0 Å². The number of nitrogens with zero attached hydrogens (tertiary/aromatic N) is 3. The Labute approximate surface area is 113 Å². The standard InChI is InChI=1S/C13H20N6/c1-10-17-12(16-9-11-4-3-6-15-11)8-13(18-10)19(2)7-5-14/h3-4,6,8,15H,5,7,9,14H2,1-2H3,(H,16,17,18). The zero-order valence-corrected chi connectivity index (χ0v) is 11.3. The number of likely N-dealkylation sites (N-methyl/N-ethyl adjacent to an activating group) is 1. The van der Waals surface area contributed by atoms with E-state index in [-0.39, 0.29) is 0 Å². The van der Waals surface area contributed by atoms with Crippen LogP contribution in [0.5, 0.6) is 0 Å². The summed E-state index contributed by atoms with van der Waals surface area (Å²) >= 11 is 0. The fourth-order valence-corrected chi connectivity index (χ4v) is 1.81. The highest BCUT2D eigenvalue weighted by atomic mass is 15.2. The number of nitrogens with one attached hydrogen (secondary N) is 2. The third-order valence-electron chi connectivity index (χ3n) is 2.80. The first kappa shape index (κ1) is 13.4. The van der Waals surface area contributed by atoms with Crippen molar-refractivity contribution in [1.29, 1.82) is 0 Å². The van der Waals surface area contributed by atoms with Crippen molar-refractivity contribution < 1.29 is 0 Å². The first-order valence-electron chi connectivity index (χ1n) is 6.32. The lowest BCUT2D eigenvalue weighted by atomic mass is 10.4. The predicted octanol–water partition coefficient (Wildman–Crippen LogP) is 1.12. The summed E-state index contributed by atoms with van der Waals surface area (Å²) in [4.78, 5) is 14.0. The number of anilines is 2. The highest BCUT2D eigenvalue weighted by Gasteiger charge is 2.06. The van der Waals surface area contributed by atoms with Crippen molar-refractivity contribution in [2.75, 3.05) is 30.4 Å². The zero-order chi connectivity index (χ0) is 13.7. The van der Waals surface area contributed by atoms with Gasteiger partial charge >= 0.3 is 0 Å². The van der Waals surface area contributed by atoms with E-state index in [2.05, 4.69) is 20.3 Å². The number of H-pyrrole nitrogens is 1. The lowest BCUT2D eigenvalue weighted by Gasteiger charge is -2.18. The number of rotatable bonds is 6. The van der Waals surface area contributed by atoms with Gasteiger partial charge in [0.1, 0.15) is 17.5 Å². The second kappa shape index (κ2) is 6.19. The van der Waals surface area contributed by atoms with Crippen LogP contribution in [-0.2, 0) is 6.54 Å². The van der Waals surface area contributed by atoms with Crippen molar-refractivity contribution in [2.24, 2.45) is 5.73 Å². The molecule has 6 heteroatoms. The van der Waals surface area contributed by atoms with Crippen molar-refractivity contribution in [3.8, 4) is 0 Å². The molecule has 2 rings (SSSR count). The molecule has 0 fully saturated rings. The van der Waals surface area contributed by atoms with Crippen LogP contribution in [-0.4, -0.2) is 35.1 Å². The van der Waals surface area contributed by atoms with Crippen LogP contribution in [0.3, 0.4) is 0 Å². The molecule has 0 bridgehead atoms. The highest BCUT2D eigenvalue weighted by Crippen LogP contribution is 2.14. The molecule has 102 valence electrons. The largest absolute Gasteiger partial charge is 0.364 e. The molecule has 2 heterocycles. The average molecular weight is 260 g/mol.